The summed E-state index contributed by atoms with van der Waals surface area (Å²) in [5.74, 6) is -0.0499. The first-order valence-electron chi connectivity index (χ1n) is 5.53. The Balaban J connectivity index is 2.88. The maximum absolute atomic E-state index is 12.2. The number of carbonyl (C=O) groups excluding carboxylic acids is 1. The minimum absolute atomic E-state index is 0.0499. The molecule has 17 heavy (non-hydrogen) atoms. The highest BCUT2D eigenvalue weighted by molar-refractivity contribution is 7.80. The van der Waals surface area contributed by atoms with Crippen molar-refractivity contribution in [1.82, 2.24) is 4.90 Å². The number of hydrogen-bond acceptors (Lipinski definition) is 3. The number of benzene rings is 1. The Kier molecular flexibility index (Phi) is 5.05. The van der Waals surface area contributed by atoms with E-state index in [0.717, 1.165) is 4.90 Å². The Morgan fingerprint density at radius 1 is 1.53 bits per heavy atom. The number of nitriles is 1. The van der Waals surface area contributed by atoms with E-state index < -0.39 is 0 Å². The van der Waals surface area contributed by atoms with Crippen LogP contribution >= 0.6 is 12.6 Å². The van der Waals surface area contributed by atoms with Crippen LogP contribution in [0, 0.1) is 11.3 Å². The van der Waals surface area contributed by atoms with Crippen LogP contribution in [-0.4, -0.2) is 23.4 Å². The fourth-order valence-corrected chi connectivity index (χ4v) is 1.79. The second-order valence-electron chi connectivity index (χ2n) is 4.05. The van der Waals surface area contributed by atoms with E-state index in [4.69, 9.17) is 5.26 Å². The molecule has 0 aliphatic heterocycles. The zero-order valence-electron chi connectivity index (χ0n) is 10.1. The van der Waals surface area contributed by atoms with E-state index in [2.05, 4.69) is 18.7 Å². The largest absolute Gasteiger partial charge is 0.335 e. The molecule has 90 valence electrons. The number of rotatable bonds is 4. The predicted octanol–water partition coefficient (Wildman–Crippen LogP) is 2.74. The number of amides is 1. The van der Waals surface area contributed by atoms with Gasteiger partial charge in [-0.1, -0.05) is 6.07 Å². The molecule has 0 spiro atoms. The van der Waals surface area contributed by atoms with Crippen LogP contribution in [0.1, 0.15) is 30.6 Å². The van der Waals surface area contributed by atoms with Crippen LogP contribution in [0.4, 0.5) is 0 Å². The molecule has 0 aliphatic carbocycles. The molecule has 0 unspecified atom stereocenters. The van der Waals surface area contributed by atoms with Gasteiger partial charge in [-0.05, 0) is 32.0 Å². The lowest BCUT2D eigenvalue weighted by Gasteiger charge is -2.26. The van der Waals surface area contributed by atoms with Crippen LogP contribution in [0.2, 0.25) is 0 Å². The molecule has 0 N–H and O–H groups in total. The van der Waals surface area contributed by atoms with Gasteiger partial charge in [0, 0.05) is 23.0 Å². The third kappa shape index (κ3) is 3.79. The van der Waals surface area contributed by atoms with E-state index >= 15 is 0 Å². The molecule has 0 fully saturated rings. The highest BCUT2D eigenvalue weighted by atomic mass is 32.1. The van der Waals surface area contributed by atoms with Crippen molar-refractivity contribution in [3.8, 4) is 6.07 Å². The van der Waals surface area contributed by atoms with Crippen molar-refractivity contribution in [3.05, 3.63) is 29.8 Å². The highest BCUT2D eigenvalue weighted by Gasteiger charge is 2.18. The first-order chi connectivity index (χ1) is 8.06. The molecule has 1 rings (SSSR count). The van der Waals surface area contributed by atoms with Crippen LogP contribution in [0.3, 0.4) is 0 Å². The first-order valence-corrected chi connectivity index (χ1v) is 5.98. The molecular formula is C13H16N2OS. The molecule has 0 radical (unpaired) electrons. The highest BCUT2D eigenvalue weighted by Crippen LogP contribution is 2.13. The maximum Gasteiger partial charge on any atom is 0.254 e. The van der Waals surface area contributed by atoms with Crippen LogP contribution < -0.4 is 0 Å². The fraction of sp³-hybridized carbons (Fsp3) is 0.385. The summed E-state index contributed by atoms with van der Waals surface area (Å²) in [7, 11) is 0. The lowest BCUT2D eigenvalue weighted by molar-refractivity contribution is 0.0710. The van der Waals surface area contributed by atoms with E-state index in [9.17, 15) is 4.79 Å². The fourth-order valence-electron chi connectivity index (χ4n) is 1.57. The summed E-state index contributed by atoms with van der Waals surface area (Å²) in [4.78, 5) is 14.7. The molecule has 0 aliphatic rings. The van der Waals surface area contributed by atoms with Crippen molar-refractivity contribution in [1.29, 1.82) is 5.26 Å². The molecule has 0 heterocycles. The van der Waals surface area contributed by atoms with Gasteiger partial charge in [0.05, 0.1) is 12.5 Å². The Bertz CT molecular complexity index is 437. The molecule has 0 saturated carbocycles. The summed E-state index contributed by atoms with van der Waals surface area (Å²) in [5, 5.41) is 8.59. The van der Waals surface area contributed by atoms with Crippen molar-refractivity contribution < 1.29 is 4.79 Å². The van der Waals surface area contributed by atoms with Gasteiger partial charge in [0.15, 0.2) is 0 Å². The zero-order chi connectivity index (χ0) is 12.8. The van der Waals surface area contributed by atoms with E-state index in [1.807, 2.05) is 19.9 Å². The third-order valence-corrected chi connectivity index (χ3v) is 2.72. The number of nitrogens with zero attached hydrogens (tertiary/aromatic N) is 2. The van der Waals surface area contributed by atoms with Crippen molar-refractivity contribution in [2.24, 2.45) is 0 Å². The Labute approximate surface area is 107 Å². The van der Waals surface area contributed by atoms with Crippen LogP contribution in [0.5, 0.6) is 0 Å². The van der Waals surface area contributed by atoms with E-state index in [0.29, 0.717) is 18.5 Å². The van der Waals surface area contributed by atoms with Gasteiger partial charge in [0.1, 0.15) is 0 Å². The summed E-state index contributed by atoms with van der Waals surface area (Å²) in [6, 6.07) is 9.29. The van der Waals surface area contributed by atoms with E-state index in [1.54, 1.807) is 23.1 Å². The van der Waals surface area contributed by atoms with Crippen LogP contribution in [0.25, 0.3) is 0 Å². The lowest BCUT2D eigenvalue weighted by atomic mass is 10.1. The van der Waals surface area contributed by atoms with E-state index in [1.165, 1.54) is 0 Å². The average molecular weight is 248 g/mol. The molecule has 3 nitrogen and oxygen atoms in total. The average Bonchev–Trinajstić information content (AvgIpc) is 2.29. The monoisotopic (exact) mass is 248 g/mol. The second-order valence-corrected chi connectivity index (χ2v) is 4.57. The summed E-state index contributed by atoms with van der Waals surface area (Å²) >= 11 is 4.22. The normalized spacial score (nSPS) is 10.1. The number of carbonyl (C=O) groups is 1. The maximum atomic E-state index is 12.2. The molecule has 1 amide bonds. The molecule has 0 atom stereocenters. The van der Waals surface area contributed by atoms with Crippen LogP contribution in [-0.2, 0) is 0 Å². The molecule has 1 aromatic carbocycles. The standard InChI is InChI=1S/C13H16N2OS/c1-10(2)15(8-4-7-14)13(16)11-5-3-6-12(17)9-11/h3,5-6,9-10,17H,4,8H2,1-2H3. The SMILES string of the molecule is CC(C)N(CCC#N)C(=O)c1cccc(S)c1. The second kappa shape index (κ2) is 6.31. The number of hydrogen-bond donors (Lipinski definition) is 1. The van der Waals surface area contributed by atoms with Crippen LogP contribution in [0.15, 0.2) is 29.2 Å². The molecule has 1 aromatic rings. The minimum Gasteiger partial charge on any atom is -0.335 e. The van der Waals surface area contributed by atoms with Gasteiger partial charge in [-0.25, -0.2) is 0 Å². The number of thiol groups is 1. The van der Waals surface area contributed by atoms with Gasteiger partial charge in [-0.15, -0.1) is 12.6 Å². The summed E-state index contributed by atoms with van der Waals surface area (Å²) in [6.45, 7) is 4.35. The molecular weight excluding hydrogens is 232 g/mol. The van der Waals surface area contributed by atoms with Gasteiger partial charge in [-0.2, -0.15) is 5.26 Å². The third-order valence-electron chi connectivity index (χ3n) is 2.44. The van der Waals surface area contributed by atoms with Gasteiger partial charge in [0.25, 0.3) is 5.91 Å². The van der Waals surface area contributed by atoms with Crippen molar-refractivity contribution in [2.75, 3.05) is 6.54 Å². The summed E-state index contributed by atoms with van der Waals surface area (Å²) in [5.41, 5.74) is 0.615. The Morgan fingerprint density at radius 2 is 2.24 bits per heavy atom. The first kappa shape index (κ1) is 13.6. The molecule has 0 bridgehead atoms. The van der Waals surface area contributed by atoms with Gasteiger partial charge in [0.2, 0.25) is 0 Å². The van der Waals surface area contributed by atoms with Crippen molar-refractivity contribution >= 4 is 18.5 Å². The quantitative estimate of drug-likeness (QED) is 0.833. The van der Waals surface area contributed by atoms with Gasteiger partial charge < -0.3 is 4.90 Å². The minimum atomic E-state index is -0.0499. The molecule has 0 aromatic heterocycles. The van der Waals surface area contributed by atoms with E-state index in [-0.39, 0.29) is 11.9 Å². The molecule has 4 heteroatoms. The Morgan fingerprint density at radius 3 is 2.76 bits per heavy atom. The van der Waals surface area contributed by atoms with Crippen molar-refractivity contribution in [2.45, 2.75) is 31.2 Å². The lowest BCUT2D eigenvalue weighted by Crippen LogP contribution is -2.37. The van der Waals surface area contributed by atoms with Gasteiger partial charge >= 0.3 is 0 Å². The molecule has 0 saturated heterocycles. The van der Waals surface area contributed by atoms with Crippen molar-refractivity contribution in [3.63, 3.8) is 0 Å². The summed E-state index contributed by atoms with van der Waals surface area (Å²) in [6.07, 6.45) is 0.352. The predicted molar refractivity (Wildman–Crippen MR) is 70.1 cm³/mol. The summed E-state index contributed by atoms with van der Waals surface area (Å²) < 4.78 is 0. The zero-order valence-corrected chi connectivity index (χ0v) is 10.9. The smallest absolute Gasteiger partial charge is 0.254 e. The topological polar surface area (TPSA) is 44.1 Å². The Hall–Kier alpha value is -1.47. The van der Waals surface area contributed by atoms with Gasteiger partial charge in [-0.3, -0.25) is 4.79 Å².